The third-order valence-electron chi connectivity index (χ3n) is 3.56. The van der Waals surface area contributed by atoms with E-state index in [0.717, 1.165) is 34.2 Å². The molecule has 0 radical (unpaired) electrons. The predicted octanol–water partition coefficient (Wildman–Crippen LogP) is 5.48. The van der Waals surface area contributed by atoms with Crippen molar-refractivity contribution < 1.29 is 0 Å². The summed E-state index contributed by atoms with van der Waals surface area (Å²) in [5, 5.41) is 0. The van der Waals surface area contributed by atoms with E-state index >= 15 is 0 Å². The zero-order valence-electron chi connectivity index (χ0n) is 11.8. The molecule has 108 valence electrons. The van der Waals surface area contributed by atoms with Gasteiger partial charge in [0.05, 0.1) is 22.6 Å². The summed E-state index contributed by atoms with van der Waals surface area (Å²) < 4.78 is 3.21. The summed E-state index contributed by atoms with van der Waals surface area (Å²) in [4.78, 5) is 4.67. The van der Waals surface area contributed by atoms with Gasteiger partial charge in [0, 0.05) is 4.47 Å². The monoisotopic (exact) mass is 362 g/mol. The Morgan fingerprint density at radius 3 is 2.76 bits per heavy atom. The zero-order chi connectivity index (χ0) is 14.8. The number of fused-ring (bicyclic) bond motifs is 1. The lowest BCUT2D eigenvalue weighted by Crippen LogP contribution is -2.03. The van der Waals surface area contributed by atoms with Crippen molar-refractivity contribution in [3.8, 4) is 5.69 Å². The molecule has 0 saturated heterocycles. The Morgan fingerprint density at radius 1 is 1.19 bits per heavy atom. The number of benzene rings is 2. The molecule has 0 aliphatic carbocycles. The van der Waals surface area contributed by atoms with Crippen LogP contribution in [0.5, 0.6) is 0 Å². The van der Waals surface area contributed by atoms with Gasteiger partial charge in [-0.2, -0.15) is 0 Å². The van der Waals surface area contributed by atoms with Crippen LogP contribution < -0.4 is 0 Å². The van der Waals surface area contributed by atoms with Crippen LogP contribution in [0.4, 0.5) is 0 Å². The highest BCUT2D eigenvalue weighted by atomic mass is 79.9. The minimum atomic E-state index is 0.396. The van der Waals surface area contributed by atoms with Crippen LogP contribution >= 0.6 is 27.5 Å². The van der Waals surface area contributed by atoms with Gasteiger partial charge in [0.2, 0.25) is 0 Å². The number of aryl methyl sites for hydroxylation is 1. The molecule has 0 saturated carbocycles. The summed E-state index contributed by atoms with van der Waals surface area (Å²) in [6.45, 7) is 2.20. The third kappa shape index (κ3) is 2.72. The maximum atomic E-state index is 6.13. The van der Waals surface area contributed by atoms with Gasteiger partial charge in [0.1, 0.15) is 5.82 Å². The molecule has 2 nitrogen and oxygen atoms in total. The molecule has 1 heterocycles. The molecule has 2 aromatic carbocycles. The molecule has 0 aliphatic rings. The predicted molar refractivity (Wildman–Crippen MR) is 92.3 cm³/mol. The summed E-state index contributed by atoms with van der Waals surface area (Å²) in [6, 6.07) is 14.6. The van der Waals surface area contributed by atoms with Gasteiger partial charge in [-0.3, -0.25) is 4.57 Å². The summed E-state index contributed by atoms with van der Waals surface area (Å²) in [6.07, 6.45) is 2.17. The van der Waals surface area contributed by atoms with Crippen LogP contribution in [-0.4, -0.2) is 9.55 Å². The van der Waals surface area contributed by atoms with E-state index in [1.807, 2.05) is 12.1 Å². The SMILES string of the molecule is CCCc1ccccc1-n1c(CCl)nc2cc(Br)ccc21. The first-order valence-corrected chi connectivity index (χ1v) is 8.38. The Balaban J connectivity index is 2.29. The van der Waals surface area contributed by atoms with E-state index in [2.05, 4.69) is 62.7 Å². The summed E-state index contributed by atoms with van der Waals surface area (Å²) >= 11 is 9.63. The van der Waals surface area contributed by atoms with Crippen molar-refractivity contribution in [3.63, 3.8) is 0 Å². The number of nitrogens with zero attached hydrogens (tertiary/aromatic N) is 2. The average molecular weight is 364 g/mol. The number of hydrogen-bond donors (Lipinski definition) is 0. The van der Waals surface area contributed by atoms with Crippen LogP contribution in [0.25, 0.3) is 16.7 Å². The quantitative estimate of drug-likeness (QED) is 0.561. The van der Waals surface area contributed by atoms with E-state index in [1.165, 1.54) is 11.3 Å². The highest BCUT2D eigenvalue weighted by Gasteiger charge is 2.14. The van der Waals surface area contributed by atoms with Crippen molar-refractivity contribution in [2.24, 2.45) is 0 Å². The molecule has 0 N–H and O–H groups in total. The summed E-state index contributed by atoms with van der Waals surface area (Å²) in [7, 11) is 0. The van der Waals surface area contributed by atoms with Gasteiger partial charge in [0.15, 0.2) is 0 Å². The number of rotatable bonds is 4. The van der Waals surface area contributed by atoms with Gasteiger partial charge < -0.3 is 0 Å². The van der Waals surface area contributed by atoms with Crippen molar-refractivity contribution >= 4 is 38.6 Å². The Morgan fingerprint density at radius 2 is 2.00 bits per heavy atom. The molecule has 0 spiro atoms. The Kier molecular flexibility index (Phi) is 4.32. The second kappa shape index (κ2) is 6.20. The highest BCUT2D eigenvalue weighted by molar-refractivity contribution is 9.10. The third-order valence-corrected chi connectivity index (χ3v) is 4.29. The number of imidazole rings is 1. The maximum absolute atomic E-state index is 6.13. The van der Waals surface area contributed by atoms with Gasteiger partial charge in [0.25, 0.3) is 0 Å². The normalized spacial score (nSPS) is 11.2. The Labute approximate surface area is 137 Å². The molecule has 0 atom stereocenters. The van der Waals surface area contributed by atoms with Crippen LogP contribution in [0, 0.1) is 0 Å². The standard InChI is InChI=1S/C17H16BrClN2/c1-2-5-12-6-3-4-7-15(12)21-16-9-8-13(18)10-14(16)20-17(21)11-19/h3-4,6-10H,2,5,11H2,1H3. The number of para-hydroxylation sites is 1. The fourth-order valence-electron chi connectivity index (χ4n) is 2.67. The van der Waals surface area contributed by atoms with Crippen LogP contribution in [0.1, 0.15) is 24.7 Å². The number of hydrogen-bond acceptors (Lipinski definition) is 1. The lowest BCUT2D eigenvalue weighted by Gasteiger charge is -2.13. The van der Waals surface area contributed by atoms with Crippen molar-refractivity contribution in [2.75, 3.05) is 0 Å². The Hall–Kier alpha value is -1.32. The molecule has 0 amide bonds. The lowest BCUT2D eigenvalue weighted by molar-refractivity contribution is 0.889. The molecule has 21 heavy (non-hydrogen) atoms. The molecule has 3 aromatic rings. The first-order chi connectivity index (χ1) is 10.2. The second-order valence-electron chi connectivity index (χ2n) is 5.01. The van der Waals surface area contributed by atoms with Crippen LogP contribution in [0.2, 0.25) is 0 Å². The van der Waals surface area contributed by atoms with Crippen LogP contribution in [0.3, 0.4) is 0 Å². The van der Waals surface area contributed by atoms with E-state index in [9.17, 15) is 0 Å². The lowest BCUT2D eigenvalue weighted by atomic mass is 10.1. The van der Waals surface area contributed by atoms with Gasteiger partial charge in [-0.25, -0.2) is 4.98 Å². The van der Waals surface area contributed by atoms with Gasteiger partial charge in [-0.1, -0.05) is 47.5 Å². The topological polar surface area (TPSA) is 17.8 Å². The molecular weight excluding hydrogens is 348 g/mol. The van der Waals surface area contributed by atoms with Gasteiger partial charge in [-0.05, 0) is 36.2 Å². The largest absolute Gasteiger partial charge is 0.295 e. The fourth-order valence-corrected chi connectivity index (χ4v) is 3.20. The first kappa shape index (κ1) is 14.6. The van der Waals surface area contributed by atoms with E-state index < -0.39 is 0 Å². The second-order valence-corrected chi connectivity index (χ2v) is 6.19. The minimum absolute atomic E-state index is 0.396. The van der Waals surface area contributed by atoms with Crippen LogP contribution in [0.15, 0.2) is 46.9 Å². The van der Waals surface area contributed by atoms with E-state index in [0.29, 0.717) is 5.88 Å². The average Bonchev–Trinajstić information content (AvgIpc) is 2.85. The molecule has 0 unspecified atom stereocenters. The number of halogens is 2. The number of alkyl halides is 1. The smallest absolute Gasteiger partial charge is 0.129 e. The van der Waals surface area contributed by atoms with Crippen LogP contribution in [-0.2, 0) is 12.3 Å². The van der Waals surface area contributed by atoms with Crippen molar-refractivity contribution in [1.82, 2.24) is 9.55 Å². The first-order valence-electron chi connectivity index (χ1n) is 7.05. The molecular formula is C17H16BrClN2. The van der Waals surface area contributed by atoms with Crippen molar-refractivity contribution in [1.29, 1.82) is 0 Å². The van der Waals surface area contributed by atoms with E-state index in [4.69, 9.17) is 11.6 Å². The minimum Gasteiger partial charge on any atom is -0.295 e. The molecule has 1 aromatic heterocycles. The Bertz CT molecular complexity index is 780. The van der Waals surface area contributed by atoms with Crippen molar-refractivity contribution in [3.05, 3.63) is 58.3 Å². The maximum Gasteiger partial charge on any atom is 0.129 e. The van der Waals surface area contributed by atoms with Gasteiger partial charge in [-0.15, -0.1) is 11.6 Å². The van der Waals surface area contributed by atoms with Crippen molar-refractivity contribution in [2.45, 2.75) is 25.6 Å². The molecule has 0 fully saturated rings. The molecule has 4 heteroatoms. The molecule has 0 bridgehead atoms. The molecule has 3 rings (SSSR count). The summed E-state index contributed by atoms with van der Waals surface area (Å²) in [5.74, 6) is 1.28. The van der Waals surface area contributed by atoms with E-state index in [1.54, 1.807) is 0 Å². The number of aromatic nitrogens is 2. The molecule has 0 aliphatic heterocycles. The summed E-state index contributed by atoms with van der Waals surface area (Å²) in [5.41, 5.74) is 4.57. The van der Waals surface area contributed by atoms with Gasteiger partial charge >= 0.3 is 0 Å². The van der Waals surface area contributed by atoms with E-state index in [-0.39, 0.29) is 0 Å². The zero-order valence-corrected chi connectivity index (χ0v) is 14.2. The fraction of sp³-hybridized carbons (Fsp3) is 0.235. The highest BCUT2D eigenvalue weighted by Crippen LogP contribution is 2.27.